The van der Waals surface area contributed by atoms with Crippen LogP contribution < -0.4 is 20.3 Å². The van der Waals surface area contributed by atoms with Crippen LogP contribution >= 0.6 is 0 Å². The zero-order valence-electron chi connectivity index (χ0n) is 21.1. The molecule has 0 saturated heterocycles. The van der Waals surface area contributed by atoms with Crippen molar-refractivity contribution in [3.05, 3.63) is 94.0 Å². The van der Waals surface area contributed by atoms with Crippen LogP contribution in [0.2, 0.25) is 0 Å². The van der Waals surface area contributed by atoms with Gasteiger partial charge in [0.2, 0.25) is 0 Å². The van der Waals surface area contributed by atoms with Gasteiger partial charge in [0, 0.05) is 18.5 Å². The molecule has 1 aliphatic rings. The van der Waals surface area contributed by atoms with E-state index in [9.17, 15) is 13.4 Å². The van der Waals surface area contributed by atoms with Crippen LogP contribution in [0.15, 0.2) is 66.0 Å². The summed E-state index contributed by atoms with van der Waals surface area (Å²) < 4.78 is 38.0. The van der Waals surface area contributed by atoms with Crippen LogP contribution in [0, 0.1) is 12.7 Å². The van der Waals surface area contributed by atoms with Gasteiger partial charge >= 0.3 is 0 Å². The van der Waals surface area contributed by atoms with Crippen LogP contribution in [0.3, 0.4) is 0 Å². The van der Waals surface area contributed by atoms with Gasteiger partial charge in [-0.2, -0.15) is 0 Å². The van der Waals surface area contributed by atoms with Gasteiger partial charge in [-0.25, -0.2) is 8.60 Å². The van der Waals surface area contributed by atoms with Crippen molar-refractivity contribution in [1.29, 1.82) is 0 Å². The zero-order chi connectivity index (χ0) is 26.0. The van der Waals surface area contributed by atoms with E-state index < -0.39 is 21.5 Å². The Morgan fingerprint density at radius 3 is 2.69 bits per heavy atom. The Kier molecular flexibility index (Phi) is 7.36. The van der Waals surface area contributed by atoms with Crippen LogP contribution in [-0.4, -0.2) is 20.6 Å². The molecule has 1 saturated carbocycles. The second-order valence-corrected chi connectivity index (χ2v) is 10.8. The van der Waals surface area contributed by atoms with Gasteiger partial charge in [-0.3, -0.25) is 9.36 Å². The fraction of sp³-hybridized carbons (Fsp3) is 0.321. The number of allylic oxidation sites excluding steroid dienone is 1. The average Bonchev–Trinajstić information content (AvgIpc) is 3.61. The van der Waals surface area contributed by atoms with Crippen molar-refractivity contribution in [2.24, 2.45) is 7.05 Å². The molecule has 0 bridgehead atoms. The van der Waals surface area contributed by atoms with Crippen LogP contribution in [0.5, 0.6) is 5.75 Å². The van der Waals surface area contributed by atoms with Crippen molar-refractivity contribution >= 4 is 28.2 Å². The van der Waals surface area contributed by atoms with Crippen molar-refractivity contribution in [3.8, 4) is 5.75 Å². The highest BCUT2D eigenvalue weighted by Crippen LogP contribution is 2.58. The van der Waals surface area contributed by atoms with Crippen molar-refractivity contribution < 1.29 is 13.3 Å². The van der Waals surface area contributed by atoms with E-state index in [1.165, 1.54) is 10.6 Å². The van der Waals surface area contributed by atoms with Crippen molar-refractivity contribution in [3.63, 3.8) is 0 Å². The highest BCUT2D eigenvalue weighted by molar-refractivity contribution is 7.88. The number of hydrogen-bond acceptors (Lipinski definition) is 4. The highest BCUT2D eigenvalue weighted by atomic mass is 32.2. The van der Waals surface area contributed by atoms with Crippen molar-refractivity contribution in [1.82, 2.24) is 4.57 Å². The number of aromatic nitrogens is 1. The van der Waals surface area contributed by atoms with Gasteiger partial charge in [-0.05, 0) is 67.6 Å². The first-order valence-corrected chi connectivity index (χ1v) is 13.1. The molecule has 0 radical (unpaired) electrons. The Morgan fingerprint density at radius 1 is 1.25 bits per heavy atom. The molecule has 8 heteroatoms. The van der Waals surface area contributed by atoms with Gasteiger partial charge in [0.1, 0.15) is 28.4 Å². The lowest BCUT2D eigenvalue weighted by molar-refractivity contribution is 0.414. The molecule has 0 spiro atoms. The number of rotatable bonds is 10. The average molecular weight is 510 g/mol. The van der Waals surface area contributed by atoms with Gasteiger partial charge in [0.15, 0.2) is 0 Å². The molecule has 0 amide bonds. The van der Waals surface area contributed by atoms with Gasteiger partial charge in [-0.1, -0.05) is 31.2 Å². The number of methoxy groups -OCH3 is 1. The summed E-state index contributed by atoms with van der Waals surface area (Å²) in [7, 11) is 1.71. The van der Waals surface area contributed by atoms with E-state index in [-0.39, 0.29) is 17.2 Å². The zero-order valence-corrected chi connectivity index (χ0v) is 21.9. The second-order valence-electron chi connectivity index (χ2n) is 9.21. The fourth-order valence-corrected chi connectivity index (χ4v) is 6.19. The Morgan fingerprint density at radius 2 is 2.03 bits per heavy atom. The largest absolute Gasteiger partial charge is 0.497 e. The highest BCUT2D eigenvalue weighted by Gasteiger charge is 2.59. The quantitative estimate of drug-likeness (QED) is 0.343. The summed E-state index contributed by atoms with van der Waals surface area (Å²) in [6.07, 6.45) is 3.77. The third-order valence-corrected chi connectivity index (χ3v) is 8.63. The molecule has 4 rings (SSSR count). The number of halogens is 1. The number of anilines is 3. The molecule has 36 heavy (non-hydrogen) atoms. The standard InChI is InChI=1S/C28H32FN3O3S/c1-6-13-28(17-22(28)20-9-8-10-21(16-20)35-5)36(34)31-25-14-18(3)27(33)32(4)26(25)30-24-12-11-19(7-2)15-23(24)29/h6,8-12,14-16,22,30-31H,1,7,13,17H2,2-5H3. The van der Waals surface area contributed by atoms with E-state index in [2.05, 4.69) is 16.6 Å². The number of hydrogen-bond donors (Lipinski definition) is 2. The Bertz CT molecular complexity index is 1390. The predicted molar refractivity (Wildman–Crippen MR) is 145 cm³/mol. The predicted octanol–water partition coefficient (Wildman–Crippen LogP) is 5.73. The minimum atomic E-state index is -1.52. The van der Waals surface area contributed by atoms with E-state index in [1.807, 2.05) is 37.3 Å². The maximum absolute atomic E-state index is 14.8. The first-order valence-electron chi connectivity index (χ1n) is 11.9. The first-order chi connectivity index (χ1) is 17.2. The molecule has 190 valence electrons. The third kappa shape index (κ3) is 4.82. The lowest BCUT2D eigenvalue weighted by Gasteiger charge is -2.21. The van der Waals surface area contributed by atoms with Crippen LogP contribution in [0.1, 0.15) is 42.4 Å². The molecular formula is C28H32FN3O3S. The molecule has 1 fully saturated rings. The van der Waals surface area contributed by atoms with E-state index in [0.717, 1.165) is 16.9 Å². The molecule has 0 aliphatic heterocycles. The fourth-order valence-electron chi connectivity index (χ4n) is 4.65. The number of nitrogens with one attached hydrogen (secondary N) is 2. The van der Waals surface area contributed by atoms with Crippen LogP contribution in [0.4, 0.5) is 21.6 Å². The lowest BCUT2D eigenvalue weighted by Crippen LogP contribution is -2.28. The van der Waals surface area contributed by atoms with E-state index in [4.69, 9.17) is 4.74 Å². The number of aryl methyl sites for hydroxylation is 2. The van der Waals surface area contributed by atoms with E-state index in [1.54, 1.807) is 39.3 Å². The van der Waals surface area contributed by atoms with Crippen LogP contribution in [-0.2, 0) is 24.5 Å². The summed E-state index contributed by atoms with van der Waals surface area (Å²) in [4.78, 5) is 12.7. The number of pyridine rings is 1. The number of nitrogens with zero attached hydrogens (tertiary/aromatic N) is 1. The first kappa shape index (κ1) is 25.7. The molecule has 2 aromatic carbocycles. The topological polar surface area (TPSA) is 72.4 Å². The summed E-state index contributed by atoms with van der Waals surface area (Å²) >= 11 is 0. The molecular weight excluding hydrogens is 477 g/mol. The Labute approximate surface area is 213 Å². The van der Waals surface area contributed by atoms with E-state index >= 15 is 0 Å². The minimum absolute atomic E-state index is 0.0583. The van der Waals surface area contributed by atoms with Crippen LogP contribution in [0.25, 0.3) is 0 Å². The Balaban J connectivity index is 1.68. The molecule has 1 aliphatic carbocycles. The SMILES string of the molecule is C=CCC1(S(=O)Nc2cc(C)c(=O)n(C)c2Nc2ccc(CC)cc2F)CC1c1cccc(OC)c1. The van der Waals surface area contributed by atoms with Gasteiger partial charge in [0.25, 0.3) is 5.56 Å². The number of benzene rings is 2. The normalized spacial score (nSPS) is 19.4. The third-order valence-electron chi connectivity index (χ3n) is 6.87. The summed E-state index contributed by atoms with van der Waals surface area (Å²) in [5.74, 6) is 0.734. The van der Waals surface area contributed by atoms with Gasteiger partial charge in [0.05, 0.1) is 23.2 Å². The molecule has 1 heterocycles. The van der Waals surface area contributed by atoms with Crippen molar-refractivity contribution in [2.75, 3.05) is 17.1 Å². The number of ether oxygens (including phenoxy) is 1. The maximum Gasteiger partial charge on any atom is 0.254 e. The molecule has 6 nitrogen and oxygen atoms in total. The monoisotopic (exact) mass is 509 g/mol. The minimum Gasteiger partial charge on any atom is -0.497 e. The molecule has 1 aromatic heterocycles. The molecule has 3 unspecified atom stereocenters. The molecule has 3 atom stereocenters. The molecule has 2 N–H and O–H groups in total. The second kappa shape index (κ2) is 10.3. The maximum atomic E-state index is 14.8. The van der Waals surface area contributed by atoms with Gasteiger partial charge < -0.3 is 14.8 Å². The van der Waals surface area contributed by atoms with Crippen molar-refractivity contribution in [2.45, 2.75) is 43.8 Å². The summed E-state index contributed by atoms with van der Waals surface area (Å²) in [6.45, 7) is 7.55. The van der Waals surface area contributed by atoms with E-state index in [0.29, 0.717) is 36.3 Å². The Hall–Kier alpha value is -3.39. The molecule has 3 aromatic rings. The smallest absolute Gasteiger partial charge is 0.254 e. The summed E-state index contributed by atoms with van der Waals surface area (Å²) in [5, 5.41) is 3.05. The lowest BCUT2D eigenvalue weighted by atomic mass is 10.1. The van der Waals surface area contributed by atoms with Gasteiger partial charge in [-0.15, -0.1) is 6.58 Å². The summed E-state index contributed by atoms with van der Waals surface area (Å²) in [6, 6.07) is 14.4. The summed E-state index contributed by atoms with van der Waals surface area (Å²) in [5.41, 5.74) is 2.90.